The fourth-order valence-electron chi connectivity index (χ4n) is 3.46. The first-order chi connectivity index (χ1) is 13.0. The van der Waals surface area contributed by atoms with Crippen LogP contribution in [-0.2, 0) is 11.2 Å². The summed E-state index contributed by atoms with van der Waals surface area (Å²) in [6.07, 6.45) is 1.04. The maximum absolute atomic E-state index is 11.8. The molecule has 1 unspecified atom stereocenters. The third-order valence-electron chi connectivity index (χ3n) is 4.67. The molecule has 27 heavy (non-hydrogen) atoms. The van der Waals surface area contributed by atoms with Gasteiger partial charge in [0.1, 0.15) is 0 Å². The standard InChI is InChI=1S/C19H23N3O4S/c1-25-14-10-12-5-7-22(8-6-17(23)21-19(20)24)18(16-4-3-9-27-16)13(12)11-15(14)26-2/h3-4,9-11,18H,5-8H2,1-2H3,(H3,20,21,23,24). The predicted molar refractivity (Wildman–Crippen MR) is 103 cm³/mol. The highest BCUT2D eigenvalue weighted by Crippen LogP contribution is 2.42. The second kappa shape index (κ2) is 8.41. The topological polar surface area (TPSA) is 93.9 Å². The lowest BCUT2D eigenvalue weighted by molar-refractivity contribution is -0.120. The van der Waals surface area contributed by atoms with Crippen molar-refractivity contribution in [1.29, 1.82) is 0 Å². The quantitative estimate of drug-likeness (QED) is 0.791. The lowest BCUT2D eigenvalue weighted by Crippen LogP contribution is -2.40. The number of thiophene rings is 1. The molecule has 1 atom stereocenters. The van der Waals surface area contributed by atoms with Crippen LogP contribution in [0.25, 0.3) is 0 Å². The molecule has 2 heterocycles. The van der Waals surface area contributed by atoms with E-state index >= 15 is 0 Å². The second-order valence-corrected chi connectivity index (χ2v) is 7.25. The Labute approximate surface area is 162 Å². The molecule has 3 rings (SSSR count). The van der Waals surface area contributed by atoms with E-state index in [4.69, 9.17) is 15.2 Å². The molecule has 0 bridgehead atoms. The molecular weight excluding hydrogens is 366 g/mol. The summed E-state index contributed by atoms with van der Waals surface area (Å²) in [5, 5.41) is 4.17. The number of rotatable bonds is 6. The first-order valence-corrected chi connectivity index (χ1v) is 9.53. The van der Waals surface area contributed by atoms with E-state index in [1.807, 2.05) is 23.6 Å². The van der Waals surface area contributed by atoms with Crippen LogP contribution in [0.15, 0.2) is 29.6 Å². The number of urea groups is 1. The van der Waals surface area contributed by atoms with Gasteiger partial charge in [0.25, 0.3) is 0 Å². The second-order valence-electron chi connectivity index (χ2n) is 6.27. The van der Waals surface area contributed by atoms with Gasteiger partial charge in [-0.1, -0.05) is 6.07 Å². The van der Waals surface area contributed by atoms with E-state index in [1.54, 1.807) is 25.6 Å². The van der Waals surface area contributed by atoms with E-state index in [0.29, 0.717) is 12.3 Å². The van der Waals surface area contributed by atoms with Gasteiger partial charge >= 0.3 is 6.03 Å². The smallest absolute Gasteiger partial charge is 0.318 e. The largest absolute Gasteiger partial charge is 0.493 e. The molecular formula is C19H23N3O4S. The predicted octanol–water partition coefficient (Wildman–Crippen LogP) is 2.30. The number of nitrogens with two attached hydrogens (primary N) is 1. The van der Waals surface area contributed by atoms with Crippen LogP contribution in [0, 0.1) is 0 Å². The van der Waals surface area contributed by atoms with Crippen molar-refractivity contribution in [1.82, 2.24) is 10.2 Å². The minimum absolute atomic E-state index is 0.0231. The summed E-state index contributed by atoms with van der Waals surface area (Å²) >= 11 is 1.68. The van der Waals surface area contributed by atoms with Crippen molar-refractivity contribution in [2.75, 3.05) is 27.3 Å². The highest BCUT2D eigenvalue weighted by Gasteiger charge is 2.31. The maximum atomic E-state index is 11.8. The van der Waals surface area contributed by atoms with Gasteiger partial charge < -0.3 is 15.2 Å². The third-order valence-corrected chi connectivity index (χ3v) is 5.60. The lowest BCUT2D eigenvalue weighted by atomic mass is 9.90. The van der Waals surface area contributed by atoms with Crippen molar-refractivity contribution >= 4 is 23.3 Å². The molecule has 8 heteroatoms. The van der Waals surface area contributed by atoms with Crippen molar-refractivity contribution in [2.24, 2.45) is 5.73 Å². The molecule has 3 N–H and O–H groups in total. The number of benzene rings is 1. The van der Waals surface area contributed by atoms with Crippen molar-refractivity contribution in [3.63, 3.8) is 0 Å². The lowest BCUT2D eigenvalue weighted by Gasteiger charge is -2.37. The molecule has 0 radical (unpaired) electrons. The van der Waals surface area contributed by atoms with Crippen LogP contribution in [0.2, 0.25) is 0 Å². The van der Waals surface area contributed by atoms with Gasteiger partial charge in [0, 0.05) is 24.4 Å². The number of fused-ring (bicyclic) bond motifs is 1. The van der Waals surface area contributed by atoms with Crippen molar-refractivity contribution < 1.29 is 19.1 Å². The van der Waals surface area contributed by atoms with Crippen molar-refractivity contribution in [3.05, 3.63) is 45.6 Å². The van der Waals surface area contributed by atoms with Crippen molar-refractivity contribution in [2.45, 2.75) is 18.9 Å². The van der Waals surface area contributed by atoms with E-state index in [0.717, 1.165) is 24.3 Å². The Balaban J connectivity index is 1.91. The van der Waals surface area contributed by atoms with E-state index in [1.165, 1.54) is 10.4 Å². The van der Waals surface area contributed by atoms with Crippen molar-refractivity contribution in [3.8, 4) is 11.5 Å². The highest BCUT2D eigenvalue weighted by atomic mass is 32.1. The maximum Gasteiger partial charge on any atom is 0.318 e. The number of imide groups is 1. The number of methoxy groups -OCH3 is 2. The zero-order valence-electron chi connectivity index (χ0n) is 15.4. The molecule has 1 aliphatic heterocycles. The van der Waals surface area contributed by atoms with Gasteiger partial charge in [-0.05, 0) is 41.1 Å². The van der Waals surface area contributed by atoms with E-state index in [9.17, 15) is 9.59 Å². The Morgan fingerprint density at radius 2 is 2.04 bits per heavy atom. The Morgan fingerprint density at radius 3 is 2.67 bits per heavy atom. The number of ether oxygens (including phenoxy) is 2. The van der Waals surface area contributed by atoms with Gasteiger partial charge in [0.05, 0.1) is 20.3 Å². The van der Waals surface area contributed by atoms with Crippen LogP contribution in [0.5, 0.6) is 11.5 Å². The summed E-state index contributed by atoms with van der Waals surface area (Å²) in [7, 11) is 3.26. The Bertz CT molecular complexity index is 823. The molecule has 2 aromatic rings. The van der Waals surface area contributed by atoms with E-state index in [-0.39, 0.29) is 18.4 Å². The number of amides is 3. The average molecular weight is 389 g/mol. The molecule has 0 fully saturated rings. The normalized spacial score (nSPS) is 16.4. The zero-order valence-corrected chi connectivity index (χ0v) is 16.2. The number of carbonyl (C=O) groups excluding carboxylic acids is 2. The molecule has 0 aliphatic carbocycles. The molecule has 7 nitrogen and oxygen atoms in total. The molecule has 0 spiro atoms. The van der Waals surface area contributed by atoms with Gasteiger partial charge in [0.15, 0.2) is 11.5 Å². The zero-order chi connectivity index (χ0) is 19.4. The van der Waals surface area contributed by atoms with E-state index in [2.05, 4.69) is 16.3 Å². The van der Waals surface area contributed by atoms with Gasteiger partial charge in [0.2, 0.25) is 5.91 Å². The minimum Gasteiger partial charge on any atom is -0.493 e. The molecule has 0 saturated carbocycles. The monoisotopic (exact) mass is 389 g/mol. The summed E-state index contributed by atoms with van der Waals surface area (Å²) in [4.78, 5) is 26.1. The van der Waals surface area contributed by atoms with E-state index < -0.39 is 6.03 Å². The number of carbonyl (C=O) groups is 2. The van der Waals surface area contributed by atoms with Crippen LogP contribution >= 0.6 is 11.3 Å². The van der Waals surface area contributed by atoms with Gasteiger partial charge in [-0.15, -0.1) is 11.3 Å². The third kappa shape index (κ3) is 4.23. The highest BCUT2D eigenvalue weighted by molar-refractivity contribution is 7.10. The molecule has 1 aromatic carbocycles. The number of nitrogens with one attached hydrogen (secondary N) is 1. The van der Waals surface area contributed by atoms with Crippen LogP contribution in [0.3, 0.4) is 0 Å². The Kier molecular flexibility index (Phi) is 5.98. The first-order valence-electron chi connectivity index (χ1n) is 8.65. The molecule has 3 amide bonds. The summed E-state index contributed by atoms with van der Waals surface area (Å²) in [5.41, 5.74) is 7.38. The van der Waals surface area contributed by atoms with Gasteiger partial charge in [-0.25, -0.2) is 4.79 Å². The Morgan fingerprint density at radius 1 is 1.30 bits per heavy atom. The summed E-state index contributed by atoms with van der Waals surface area (Å²) < 4.78 is 10.9. The van der Waals surface area contributed by atoms with Crippen LogP contribution in [0.4, 0.5) is 4.79 Å². The van der Waals surface area contributed by atoms with Gasteiger partial charge in [-0.3, -0.25) is 15.0 Å². The summed E-state index contributed by atoms with van der Waals surface area (Å²) in [5.74, 6) is 1.03. The number of primary amides is 1. The summed E-state index contributed by atoms with van der Waals surface area (Å²) in [6.45, 7) is 1.32. The molecule has 0 saturated heterocycles. The first kappa shape index (κ1) is 19.2. The minimum atomic E-state index is -0.823. The van der Waals surface area contributed by atoms with Crippen LogP contribution in [0.1, 0.15) is 28.5 Å². The van der Waals surface area contributed by atoms with Gasteiger partial charge in [-0.2, -0.15) is 0 Å². The fraction of sp³-hybridized carbons (Fsp3) is 0.368. The molecule has 1 aromatic heterocycles. The Hall–Kier alpha value is -2.58. The molecule has 144 valence electrons. The van der Waals surface area contributed by atoms with Crippen LogP contribution in [-0.4, -0.2) is 44.1 Å². The number of hydrogen-bond donors (Lipinski definition) is 2. The fourth-order valence-corrected chi connectivity index (χ4v) is 4.34. The average Bonchev–Trinajstić information content (AvgIpc) is 3.18. The number of nitrogens with zero attached hydrogens (tertiary/aromatic N) is 1. The molecule has 1 aliphatic rings. The SMILES string of the molecule is COc1cc2c(cc1OC)C(c1cccs1)N(CCC(=O)NC(N)=O)CC2. The summed E-state index contributed by atoms with van der Waals surface area (Å²) in [6, 6.07) is 7.37. The van der Waals surface area contributed by atoms with Crippen LogP contribution < -0.4 is 20.5 Å². The number of hydrogen-bond acceptors (Lipinski definition) is 6.